The Labute approximate surface area is 179 Å². The van der Waals surface area contributed by atoms with Crippen molar-refractivity contribution in [2.45, 2.75) is 45.1 Å². The zero-order valence-electron chi connectivity index (χ0n) is 18.0. The Morgan fingerprint density at radius 3 is 2.30 bits per heavy atom. The summed E-state index contributed by atoms with van der Waals surface area (Å²) in [6.07, 6.45) is 6.98. The zero-order chi connectivity index (χ0) is 21.4. The predicted octanol–water partition coefficient (Wildman–Crippen LogP) is 4.83. The Balaban J connectivity index is 0.000000310. The number of amides is 2. The van der Waals surface area contributed by atoms with Crippen LogP contribution in [0.2, 0.25) is 0 Å². The van der Waals surface area contributed by atoms with Crippen LogP contribution in [0.15, 0.2) is 54.6 Å². The molecule has 1 heterocycles. The van der Waals surface area contributed by atoms with Crippen molar-refractivity contribution in [3.63, 3.8) is 0 Å². The van der Waals surface area contributed by atoms with Crippen LogP contribution in [0.3, 0.4) is 0 Å². The molecule has 162 valence electrons. The third-order valence-electron chi connectivity index (χ3n) is 6.37. The Morgan fingerprint density at radius 1 is 1.07 bits per heavy atom. The largest absolute Gasteiger partial charge is 0.330 e. The van der Waals surface area contributed by atoms with Crippen LogP contribution in [0.25, 0.3) is 0 Å². The van der Waals surface area contributed by atoms with Crippen molar-refractivity contribution in [1.29, 1.82) is 0 Å². The molecule has 2 aromatic carbocycles. The highest BCUT2D eigenvalue weighted by Gasteiger charge is 2.36. The van der Waals surface area contributed by atoms with Crippen molar-refractivity contribution in [2.75, 3.05) is 26.7 Å². The highest BCUT2D eigenvalue weighted by atomic mass is 19.1. The van der Waals surface area contributed by atoms with E-state index in [2.05, 4.69) is 24.3 Å². The lowest BCUT2D eigenvalue weighted by atomic mass is 9.82. The molecule has 1 aliphatic carbocycles. The fourth-order valence-corrected chi connectivity index (χ4v) is 4.80. The predicted molar refractivity (Wildman–Crippen MR) is 120 cm³/mol. The molecule has 2 N–H and O–H groups in total. The van der Waals surface area contributed by atoms with Crippen LogP contribution in [0.5, 0.6) is 0 Å². The van der Waals surface area contributed by atoms with Crippen LogP contribution in [-0.4, -0.2) is 42.5 Å². The molecule has 0 aromatic heterocycles. The minimum Gasteiger partial charge on any atom is -0.330 e. The van der Waals surface area contributed by atoms with E-state index in [4.69, 9.17) is 5.73 Å². The van der Waals surface area contributed by atoms with Gasteiger partial charge in [-0.05, 0) is 60.9 Å². The van der Waals surface area contributed by atoms with Gasteiger partial charge >= 0.3 is 6.03 Å². The molecule has 5 heteroatoms. The molecular formula is C25H34FN3O. The van der Waals surface area contributed by atoms with Gasteiger partial charge in [-0.2, -0.15) is 0 Å². The molecule has 0 atom stereocenters. The molecule has 2 aliphatic rings. The van der Waals surface area contributed by atoms with Crippen LogP contribution < -0.4 is 5.73 Å². The number of fused-ring (bicyclic) bond motifs is 1. The van der Waals surface area contributed by atoms with Gasteiger partial charge in [0.1, 0.15) is 5.82 Å². The average molecular weight is 412 g/mol. The van der Waals surface area contributed by atoms with Crippen molar-refractivity contribution in [2.24, 2.45) is 11.1 Å². The number of nitrogens with zero attached hydrogens (tertiary/aromatic N) is 2. The molecule has 1 aliphatic heterocycles. The Kier molecular flexibility index (Phi) is 7.86. The van der Waals surface area contributed by atoms with E-state index < -0.39 is 0 Å². The standard InChI is InChI=1S/C19H29N3O.C6H5F/c1-21(15-19(11-12-20)9-4-5-10-19)18(23)22-13-8-16-6-2-3-7-17(16)14-22;7-6-4-2-1-3-5-6/h2-3,6-7H,4-5,8-15,20H2,1H3;1-5H. The summed E-state index contributed by atoms with van der Waals surface area (Å²) >= 11 is 0. The Morgan fingerprint density at radius 2 is 1.70 bits per heavy atom. The van der Waals surface area contributed by atoms with Crippen LogP contribution in [0, 0.1) is 11.2 Å². The summed E-state index contributed by atoms with van der Waals surface area (Å²) in [5, 5.41) is 0. The molecule has 0 spiro atoms. The molecule has 1 fully saturated rings. The lowest BCUT2D eigenvalue weighted by Gasteiger charge is -2.37. The second kappa shape index (κ2) is 10.6. The first kappa shape index (κ1) is 22.3. The smallest absolute Gasteiger partial charge is 0.320 e. The lowest BCUT2D eigenvalue weighted by molar-refractivity contribution is 0.127. The molecule has 30 heavy (non-hydrogen) atoms. The van der Waals surface area contributed by atoms with E-state index in [1.54, 1.807) is 18.2 Å². The van der Waals surface area contributed by atoms with Crippen LogP contribution >= 0.6 is 0 Å². The van der Waals surface area contributed by atoms with Crippen molar-refractivity contribution in [3.05, 3.63) is 71.5 Å². The molecular weight excluding hydrogens is 377 g/mol. The molecule has 0 saturated heterocycles. The quantitative estimate of drug-likeness (QED) is 0.783. The molecule has 0 unspecified atom stereocenters. The van der Waals surface area contributed by atoms with E-state index >= 15 is 0 Å². The minimum absolute atomic E-state index is 0.169. The molecule has 2 aromatic rings. The van der Waals surface area contributed by atoms with E-state index in [0.717, 1.165) is 39.0 Å². The number of benzene rings is 2. The number of hydrogen-bond donors (Lipinski definition) is 1. The summed E-state index contributed by atoms with van der Waals surface area (Å²) in [6.45, 7) is 3.13. The molecule has 1 saturated carbocycles. The van der Waals surface area contributed by atoms with Crippen LogP contribution in [0.1, 0.15) is 43.2 Å². The highest BCUT2D eigenvalue weighted by Crippen LogP contribution is 2.41. The van der Waals surface area contributed by atoms with E-state index in [9.17, 15) is 9.18 Å². The van der Waals surface area contributed by atoms with Gasteiger partial charge in [0.25, 0.3) is 0 Å². The maximum absolute atomic E-state index is 12.9. The Bertz CT molecular complexity index is 805. The first-order valence-electron chi connectivity index (χ1n) is 11.0. The lowest BCUT2D eigenvalue weighted by Crippen LogP contribution is -2.47. The van der Waals surface area contributed by atoms with Crippen molar-refractivity contribution < 1.29 is 9.18 Å². The van der Waals surface area contributed by atoms with Crippen molar-refractivity contribution >= 4 is 6.03 Å². The van der Waals surface area contributed by atoms with E-state index in [1.165, 1.54) is 48.9 Å². The second-order valence-electron chi connectivity index (χ2n) is 8.62. The molecule has 0 radical (unpaired) electrons. The van der Waals surface area contributed by atoms with E-state index in [-0.39, 0.29) is 17.3 Å². The van der Waals surface area contributed by atoms with Crippen molar-refractivity contribution in [3.8, 4) is 0 Å². The highest BCUT2D eigenvalue weighted by molar-refractivity contribution is 5.74. The number of carbonyl (C=O) groups excluding carboxylic acids is 1. The van der Waals surface area contributed by atoms with Gasteiger partial charge in [0.15, 0.2) is 0 Å². The van der Waals surface area contributed by atoms with Gasteiger partial charge in [0.05, 0.1) is 0 Å². The molecule has 2 amide bonds. The number of nitrogens with two attached hydrogens (primary N) is 1. The summed E-state index contributed by atoms with van der Waals surface area (Å²) in [5.74, 6) is -0.178. The van der Waals surface area contributed by atoms with Gasteiger partial charge < -0.3 is 15.5 Å². The average Bonchev–Trinajstić information content (AvgIpc) is 3.22. The fourth-order valence-electron chi connectivity index (χ4n) is 4.80. The topological polar surface area (TPSA) is 49.6 Å². The third-order valence-corrected chi connectivity index (χ3v) is 6.37. The SMILES string of the molecule is CN(CC1(CCN)CCCC1)C(=O)N1CCc2ccccc2C1.Fc1ccccc1. The van der Waals surface area contributed by atoms with Gasteiger partial charge in [-0.25, -0.2) is 9.18 Å². The second-order valence-corrected chi connectivity index (χ2v) is 8.62. The van der Waals surface area contributed by atoms with E-state index in [0.29, 0.717) is 0 Å². The van der Waals surface area contributed by atoms with Gasteiger partial charge in [0.2, 0.25) is 0 Å². The van der Waals surface area contributed by atoms with Gasteiger partial charge in [-0.15, -0.1) is 0 Å². The normalized spacial score (nSPS) is 17.0. The zero-order valence-corrected chi connectivity index (χ0v) is 18.0. The number of hydrogen-bond acceptors (Lipinski definition) is 2. The maximum Gasteiger partial charge on any atom is 0.320 e. The van der Waals surface area contributed by atoms with E-state index in [1.807, 2.05) is 16.8 Å². The third kappa shape index (κ3) is 5.82. The number of rotatable bonds is 4. The van der Waals surface area contributed by atoms with Gasteiger partial charge in [-0.1, -0.05) is 55.3 Å². The molecule has 4 rings (SSSR count). The van der Waals surface area contributed by atoms with Gasteiger partial charge in [0, 0.05) is 26.7 Å². The fraction of sp³-hybridized carbons (Fsp3) is 0.480. The number of urea groups is 1. The number of carbonyl (C=O) groups is 1. The minimum atomic E-state index is -0.178. The monoisotopic (exact) mass is 411 g/mol. The number of halogens is 1. The summed E-state index contributed by atoms with van der Waals surface area (Å²) in [4.78, 5) is 16.8. The summed E-state index contributed by atoms with van der Waals surface area (Å²) in [6, 6.07) is 16.6. The van der Waals surface area contributed by atoms with Crippen LogP contribution in [-0.2, 0) is 13.0 Å². The molecule has 0 bridgehead atoms. The van der Waals surface area contributed by atoms with Gasteiger partial charge in [-0.3, -0.25) is 0 Å². The first-order valence-corrected chi connectivity index (χ1v) is 11.0. The first-order chi connectivity index (χ1) is 14.5. The molecule has 4 nitrogen and oxygen atoms in total. The summed E-state index contributed by atoms with van der Waals surface area (Å²) in [7, 11) is 1.96. The van der Waals surface area contributed by atoms with Crippen molar-refractivity contribution in [1.82, 2.24) is 9.80 Å². The van der Waals surface area contributed by atoms with Crippen LogP contribution in [0.4, 0.5) is 9.18 Å². The Hall–Kier alpha value is -2.40. The summed E-state index contributed by atoms with van der Waals surface area (Å²) in [5.41, 5.74) is 8.76. The maximum atomic E-state index is 12.9. The summed E-state index contributed by atoms with van der Waals surface area (Å²) < 4.78 is 11.9.